The highest BCUT2D eigenvalue weighted by atomic mass is 35.5. The predicted molar refractivity (Wildman–Crippen MR) is 114 cm³/mol. The molecule has 0 saturated carbocycles. The van der Waals surface area contributed by atoms with Gasteiger partial charge in [0.1, 0.15) is 5.82 Å². The number of halogens is 1. The first-order valence-corrected chi connectivity index (χ1v) is 10.1. The lowest BCUT2D eigenvalue weighted by molar-refractivity contribution is 0.0956. The Hall–Kier alpha value is -2.50. The van der Waals surface area contributed by atoms with Gasteiger partial charge in [0.05, 0.1) is 5.56 Å². The van der Waals surface area contributed by atoms with E-state index in [2.05, 4.69) is 27.8 Å². The van der Waals surface area contributed by atoms with Crippen LogP contribution in [0, 0.1) is 0 Å². The number of pyridine rings is 1. The van der Waals surface area contributed by atoms with Crippen LogP contribution in [0.3, 0.4) is 0 Å². The molecule has 6 heteroatoms. The molecule has 1 amide bonds. The van der Waals surface area contributed by atoms with Gasteiger partial charge >= 0.3 is 0 Å². The Balaban J connectivity index is 1.52. The number of benzene rings is 2. The molecule has 1 aromatic heterocycles. The third kappa shape index (κ3) is 6.01. The van der Waals surface area contributed by atoms with Gasteiger partial charge in [-0.15, -0.1) is 0 Å². The van der Waals surface area contributed by atoms with E-state index < -0.39 is 0 Å². The van der Waals surface area contributed by atoms with E-state index in [0.29, 0.717) is 22.9 Å². The minimum absolute atomic E-state index is 0.145. The van der Waals surface area contributed by atoms with Gasteiger partial charge in [-0.05, 0) is 35.9 Å². The number of aromatic nitrogens is 1. The number of anilines is 2. The summed E-state index contributed by atoms with van der Waals surface area (Å²) in [6.45, 7) is 0.599. The zero-order valence-corrected chi connectivity index (χ0v) is 16.3. The number of nitrogens with one attached hydrogen (secondary N) is 2. The minimum Gasteiger partial charge on any atom is -0.351 e. The van der Waals surface area contributed by atoms with Crippen molar-refractivity contribution in [2.45, 2.75) is 5.75 Å². The second-order valence-corrected chi connectivity index (χ2v) is 7.37. The van der Waals surface area contributed by atoms with Crippen LogP contribution in [0.5, 0.6) is 0 Å². The van der Waals surface area contributed by atoms with Crippen molar-refractivity contribution < 1.29 is 4.79 Å². The second kappa shape index (κ2) is 10.00. The largest absolute Gasteiger partial charge is 0.351 e. The summed E-state index contributed by atoms with van der Waals surface area (Å²) >= 11 is 7.81. The van der Waals surface area contributed by atoms with Gasteiger partial charge in [0, 0.05) is 35.0 Å². The Morgan fingerprint density at radius 3 is 2.70 bits per heavy atom. The fourth-order valence-electron chi connectivity index (χ4n) is 2.49. The Morgan fingerprint density at radius 1 is 1.04 bits per heavy atom. The first-order valence-electron chi connectivity index (χ1n) is 8.60. The number of hydrogen-bond donors (Lipinski definition) is 2. The molecule has 0 unspecified atom stereocenters. The number of thioether (sulfide) groups is 1. The molecule has 0 bridgehead atoms. The Labute approximate surface area is 168 Å². The summed E-state index contributed by atoms with van der Waals surface area (Å²) in [7, 11) is 0. The predicted octanol–water partition coefficient (Wildman–Crippen LogP) is 5.14. The van der Waals surface area contributed by atoms with Crippen LogP contribution in [0.1, 0.15) is 15.9 Å². The molecule has 2 N–H and O–H groups in total. The van der Waals surface area contributed by atoms with E-state index in [4.69, 9.17) is 11.6 Å². The molecule has 3 rings (SSSR count). The summed E-state index contributed by atoms with van der Waals surface area (Å²) in [5, 5.41) is 6.74. The maximum Gasteiger partial charge on any atom is 0.255 e. The van der Waals surface area contributed by atoms with Crippen LogP contribution in [0.15, 0.2) is 72.9 Å². The molecule has 0 saturated heterocycles. The van der Waals surface area contributed by atoms with E-state index in [1.165, 1.54) is 5.56 Å². The van der Waals surface area contributed by atoms with Crippen LogP contribution in [-0.2, 0) is 5.75 Å². The number of amides is 1. The van der Waals surface area contributed by atoms with E-state index in [-0.39, 0.29) is 5.91 Å². The summed E-state index contributed by atoms with van der Waals surface area (Å²) in [4.78, 5) is 16.8. The molecule has 0 fully saturated rings. The highest BCUT2D eigenvalue weighted by Gasteiger charge is 2.12. The first kappa shape index (κ1) is 19.3. The van der Waals surface area contributed by atoms with E-state index in [1.807, 2.05) is 30.3 Å². The van der Waals surface area contributed by atoms with Crippen molar-refractivity contribution in [2.75, 3.05) is 17.6 Å². The topological polar surface area (TPSA) is 54.0 Å². The molecule has 138 valence electrons. The van der Waals surface area contributed by atoms with Gasteiger partial charge in [-0.1, -0.05) is 48.0 Å². The molecule has 27 heavy (non-hydrogen) atoms. The fourth-order valence-corrected chi connectivity index (χ4v) is 3.50. The van der Waals surface area contributed by atoms with E-state index in [1.54, 1.807) is 42.2 Å². The Morgan fingerprint density at radius 2 is 1.89 bits per heavy atom. The van der Waals surface area contributed by atoms with Gasteiger partial charge in [0.25, 0.3) is 5.91 Å². The maximum absolute atomic E-state index is 12.5. The van der Waals surface area contributed by atoms with Gasteiger partial charge in [-0.3, -0.25) is 4.79 Å². The van der Waals surface area contributed by atoms with Crippen LogP contribution in [-0.4, -0.2) is 23.2 Å². The quantitative estimate of drug-likeness (QED) is 0.516. The molecule has 1 heterocycles. The molecular formula is C21H20ClN3OS. The molecule has 0 atom stereocenters. The number of rotatable bonds is 8. The van der Waals surface area contributed by atoms with E-state index in [0.717, 1.165) is 17.2 Å². The van der Waals surface area contributed by atoms with Crippen molar-refractivity contribution >= 4 is 40.8 Å². The van der Waals surface area contributed by atoms with Crippen LogP contribution < -0.4 is 10.6 Å². The van der Waals surface area contributed by atoms with Gasteiger partial charge < -0.3 is 10.6 Å². The third-order valence-electron chi connectivity index (χ3n) is 3.78. The van der Waals surface area contributed by atoms with Gasteiger partial charge in [0.15, 0.2) is 0 Å². The maximum atomic E-state index is 12.5. The van der Waals surface area contributed by atoms with Gasteiger partial charge in [-0.25, -0.2) is 4.98 Å². The lowest BCUT2D eigenvalue weighted by Gasteiger charge is -2.11. The zero-order valence-electron chi connectivity index (χ0n) is 14.7. The lowest BCUT2D eigenvalue weighted by Crippen LogP contribution is -2.26. The van der Waals surface area contributed by atoms with Gasteiger partial charge in [-0.2, -0.15) is 11.8 Å². The summed E-state index contributed by atoms with van der Waals surface area (Å²) < 4.78 is 0. The van der Waals surface area contributed by atoms with Gasteiger partial charge in [0.2, 0.25) is 0 Å². The molecule has 3 aromatic rings. The number of carbonyl (C=O) groups excluding carboxylic acids is 1. The number of hydrogen-bond acceptors (Lipinski definition) is 4. The molecule has 0 aliphatic carbocycles. The normalized spacial score (nSPS) is 10.4. The van der Waals surface area contributed by atoms with Crippen molar-refractivity contribution in [2.24, 2.45) is 0 Å². The molecule has 0 aliphatic heterocycles. The molecule has 0 radical (unpaired) electrons. The highest BCUT2D eigenvalue weighted by molar-refractivity contribution is 7.98. The van der Waals surface area contributed by atoms with Crippen molar-refractivity contribution in [3.05, 3.63) is 89.1 Å². The average Bonchev–Trinajstić information content (AvgIpc) is 2.69. The Kier molecular flexibility index (Phi) is 7.13. The fraction of sp³-hybridized carbons (Fsp3) is 0.143. The van der Waals surface area contributed by atoms with Crippen LogP contribution in [0.2, 0.25) is 5.02 Å². The highest BCUT2D eigenvalue weighted by Crippen LogP contribution is 2.21. The second-order valence-electron chi connectivity index (χ2n) is 5.83. The lowest BCUT2D eigenvalue weighted by atomic mass is 10.2. The van der Waals surface area contributed by atoms with E-state index >= 15 is 0 Å². The number of carbonyl (C=O) groups is 1. The molecule has 4 nitrogen and oxygen atoms in total. The number of nitrogens with zero attached hydrogens (tertiary/aromatic N) is 1. The average molecular weight is 398 g/mol. The van der Waals surface area contributed by atoms with E-state index in [9.17, 15) is 4.79 Å². The zero-order chi connectivity index (χ0) is 18.9. The minimum atomic E-state index is -0.145. The smallest absolute Gasteiger partial charge is 0.255 e. The first-order chi connectivity index (χ1) is 13.2. The molecule has 0 spiro atoms. The van der Waals surface area contributed by atoms with Crippen LogP contribution in [0.25, 0.3) is 0 Å². The Bertz CT molecular complexity index is 889. The SMILES string of the molecule is O=C(NCCSCc1ccccc1)c1cccnc1Nc1cccc(Cl)c1. The molecule has 0 aliphatic rings. The van der Waals surface area contributed by atoms with Crippen molar-refractivity contribution in [1.29, 1.82) is 0 Å². The van der Waals surface area contributed by atoms with Crippen molar-refractivity contribution in [3.8, 4) is 0 Å². The third-order valence-corrected chi connectivity index (χ3v) is 5.05. The van der Waals surface area contributed by atoms with Crippen molar-refractivity contribution in [1.82, 2.24) is 10.3 Å². The van der Waals surface area contributed by atoms with Crippen molar-refractivity contribution in [3.63, 3.8) is 0 Å². The molecule has 2 aromatic carbocycles. The standard InChI is InChI=1S/C21H20ClN3OS/c22-17-8-4-9-18(14-17)25-20-19(10-5-11-23-20)21(26)24-12-13-27-15-16-6-2-1-3-7-16/h1-11,14H,12-13,15H2,(H,23,25)(H,24,26). The summed E-state index contributed by atoms with van der Waals surface area (Å²) in [6.07, 6.45) is 1.65. The summed E-state index contributed by atoms with van der Waals surface area (Å²) in [6, 6.07) is 21.1. The summed E-state index contributed by atoms with van der Waals surface area (Å²) in [5.41, 5.74) is 2.58. The van der Waals surface area contributed by atoms with Crippen LogP contribution >= 0.6 is 23.4 Å². The van der Waals surface area contributed by atoms with Crippen LogP contribution in [0.4, 0.5) is 11.5 Å². The summed E-state index contributed by atoms with van der Waals surface area (Å²) in [5.74, 6) is 2.14. The molecular weight excluding hydrogens is 378 g/mol. The monoisotopic (exact) mass is 397 g/mol.